The van der Waals surface area contributed by atoms with E-state index >= 15 is 0 Å². The molecule has 0 unspecified atom stereocenters. The summed E-state index contributed by atoms with van der Waals surface area (Å²) in [5.74, 6) is 0.246. The topological polar surface area (TPSA) is 111 Å². The number of aryl methyl sites for hydroxylation is 1. The maximum absolute atomic E-state index is 10.8. The summed E-state index contributed by atoms with van der Waals surface area (Å²) in [7, 11) is 0. The molecule has 0 aliphatic carbocycles. The average Bonchev–Trinajstić information content (AvgIpc) is 3.24. The zero-order valence-electron chi connectivity index (χ0n) is 17.6. The van der Waals surface area contributed by atoms with Crippen LogP contribution in [0.4, 0.5) is 0 Å². The SMILES string of the molecule is CC(C)Oc1ncc(-c2nc(-c3cccc4c(CCCC(=O)O)nccc34)no2)cc1Cl. The Hall–Kier alpha value is -3.52. The van der Waals surface area contributed by atoms with Gasteiger partial charge in [-0.3, -0.25) is 9.78 Å². The Morgan fingerprint density at radius 1 is 1.22 bits per heavy atom. The quantitative estimate of drug-likeness (QED) is 0.388. The Kier molecular flexibility index (Phi) is 6.32. The predicted octanol–water partition coefficient (Wildman–Crippen LogP) is 5.19. The molecule has 0 saturated carbocycles. The molecule has 0 saturated heterocycles. The number of halogens is 1. The molecule has 4 rings (SSSR count). The Balaban J connectivity index is 1.65. The second-order valence-corrected chi connectivity index (χ2v) is 7.91. The Morgan fingerprint density at radius 3 is 2.81 bits per heavy atom. The van der Waals surface area contributed by atoms with Crippen LogP contribution in [0.2, 0.25) is 5.02 Å². The van der Waals surface area contributed by atoms with Gasteiger partial charge in [-0.1, -0.05) is 35.0 Å². The molecule has 3 aromatic heterocycles. The molecular formula is C23H21ClN4O4. The second kappa shape index (κ2) is 9.32. The van der Waals surface area contributed by atoms with Crippen molar-refractivity contribution < 1.29 is 19.2 Å². The smallest absolute Gasteiger partial charge is 0.303 e. The van der Waals surface area contributed by atoms with Crippen molar-refractivity contribution >= 4 is 28.3 Å². The van der Waals surface area contributed by atoms with Crippen LogP contribution in [0.1, 0.15) is 32.4 Å². The van der Waals surface area contributed by atoms with Crippen LogP contribution in [0, 0.1) is 0 Å². The van der Waals surface area contributed by atoms with Crippen molar-refractivity contribution in [1.82, 2.24) is 20.1 Å². The van der Waals surface area contributed by atoms with E-state index in [2.05, 4.69) is 20.1 Å². The van der Waals surface area contributed by atoms with Crippen molar-refractivity contribution in [3.05, 3.63) is 53.4 Å². The van der Waals surface area contributed by atoms with Crippen LogP contribution in [0.3, 0.4) is 0 Å². The third kappa shape index (κ3) is 4.70. The van der Waals surface area contributed by atoms with Gasteiger partial charge in [0.1, 0.15) is 5.02 Å². The molecule has 4 aromatic rings. The Labute approximate surface area is 189 Å². The molecule has 0 fully saturated rings. The molecule has 3 heterocycles. The van der Waals surface area contributed by atoms with Crippen molar-refractivity contribution in [3.8, 4) is 28.7 Å². The highest BCUT2D eigenvalue weighted by molar-refractivity contribution is 6.32. The molecule has 1 aromatic carbocycles. The van der Waals surface area contributed by atoms with Gasteiger partial charge in [0, 0.05) is 35.5 Å². The molecule has 32 heavy (non-hydrogen) atoms. The van der Waals surface area contributed by atoms with E-state index < -0.39 is 5.97 Å². The number of fused-ring (bicyclic) bond motifs is 1. The van der Waals surface area contributed by atoms with Gasteiger partial charge >= 0.3 is 5.97 Å². The van der Waals surface area contributed by atoms with Crippen molar-refractivity contribution in [2.45, 2.75) is 39.2 Å². The van der Waals surface area contributed by atoms with Gasteiger partial charge in [-0.2, -0.15) is 4.98 Å². The Morgan fingerprint density at radius 2 is 2.06 bits per heavy atom. The number of aromatic nitrogens is 4. The molecular weight excluding hydrogens is 432 g/mol. The average molecular weight is 453 g/mol. The Bertz CT molecular complexity index is 1270. The number of pyridine rings is 2. The molecule has 8 nitrogen and oxygen atoms in total. The number of carboxylic acids is 1. The highest BCUT2D eigenvalue weighted by atomic mass is 35.5. The zero-order chi connectivity index (χ0) is 22.7. The number of aliphatic carboxylic acids is 1. The van der Waals surface area contributed by atoms with E-state index in [4.69, 9.17) is 26.0 Å². The number of hydrogen-bond acceptors (Lipinski definition) is 7. The van der Waals surface area contributed by atoms with Gasteiger partial charge in [0.15, 0.2) is 0 Å². The highest BCUT2D eigenvalue weighted by Crippen LogP contribution is 2.32. The number of hydrogen-bond donors (Lipinski definition) is 1. The first-order valence-corrected chi connectivity index (χ1v) is 10.5. The fraction of sp³-hybridized carbons (Fsp3) is 0.261. The van der Waals surface area contributed by atoms with Gasteiger partial charge < -0.3 is 14.4 Å². The summed E-state index contributed by atoms with van der Waals surface area (Å²) < 4.78 is 11.0. The number of nitrogens with zero attached hydrogens (tertiary/aromatic N) is 4. The van der Waals surface area contributed by atoms with Gasteiger partial charge in [-0.15, -0.1) is 0 Å². The van der Waals surface area contributed by atoms with E-state index in [0.29, 0.717) is 41.0 Å². The summed E-state index contributed by atoms with van der Waals surface area (Å²) in [6.07, 6.45) is 4.43. The van der Waals surface area contributed by atoms with Crippen LogP contribution in [0.15, 0.2) is 47.2 Å². The fourth-order valence-electron chi connectivity index (χ4n) is 3.37. The van der Waals surface area contributed by atoms with Crippen LogP contribution < -0.4 is 4.74 Å². The summed E-state index contributed by atoms with van der Waals surface area (Å²) in [5.41, 5.74) is 2.21. The maximum atomic E-state index is 10.8. The molecule has 0 atom stereocenters. The molecule has 0 spiro atoms. The van der Waals surface area contributed by atoms with Gasteiger partial charge in [-0.05, 0) is 44.2 Å². The van der Waals surface area contributed by atoms with E-state index in [9.17, 15) is 4.79 Å². The summed E-state index contributed by atoms with van der Waals surface area (Å²) in [6, 6.07) is 9.32. The largest absolute Gasteiger partial charge is 0.481 e. The maximum Gasteiger partial charge on any atom is 0.303 e. The summed E-state index contributed by atoms with van der Waals surface area (Å²) in [6.45, 7) is 3.79. The summed E-state index contributed by atoms with van der Waals surface area (Å²) in [4.78, 5) is 24.0. The molecule has 0 radical (unpaired) electrons. The van der Waals surface area contributed by atoms with Gasteiger partial charge in [-0.25, -0.2) is 4.98 Å². The van der Waals surface area contributed by atoms with E-state index in [1.54, 1.807) is 18.5 Å². The number of rotatable bonds is 8. The lowest BCUT2D eigenvalue weighted by molar-refractivity contribution is -0.137. The van der Waals surface area contributed by atoms with Crippen LogP contribution in [0.5, 0.6) is 5.88 Å². The van der Waals surface area contributed by atoms with E-state index in [-0.39, 0.29) is 12.5 Å². The minimum atomic E-state index is -0.816. The lowest BCUT2D eigenvalue weighted by Crippen LogP contribution is -2.07. The molecule has 9 heteroatoms. The number of carbonyl (C=O) groups is 1. The second-order valence-electron chi connectivity index (χ2n) is 7.51. The molecule has 0 bridgehead atoms. The lowest BCUT2D eigenvalue weighted by Gasteiger charge is -2.09. The van der Waals surface area contributed by atoms with Crippen LogP contribution in [-0.2, 0) is 11.2 Å². The number of carboxylic acid groups (broad SMARTS) is 1. The third-order valence-corrected chi connectivity index (χ3v) is 5.03. The van der Waals surface area contributed by atoms with E-state index in [1.165, 1.54) is 0 Å². The first kappa shape index (κ1) is 21.7. The number of ether oxygens (including phenoxy) is 1. The van der Waals surface area contributed by atoms with Crippen LogP contribution in [0.25, 0.3) is 33.6 Å². The fourth-order valence-corrected chi connectivity index (χ4v) is 3.58. The van der Waals surface area contributed by atoms with E-state index in [1.807, 2.05) is 38.1 Å². The lowest BCUT2D eigenvalue weighted by atomic mass is 10.0. The van der Waals surface area contributed by atoms with Gasteiger partial charge in [0.05, 0.1) is 11.7 Å². The van der Waals surface area contributed by atoms with Gasteiger partial charge in [0.25, 0.3) is 5.89 Å². The summed E-state index contributed by atoms with van der Waals surface area (Å²) in [5, 5.41) is 15.2. The monoisotopic (exact) mass is 452 g/mol. The third-order valence-electron chi connectivity index (χ3n) is 4.76. The number of benzene rings is 1. The van der Waals surface area contributed by atoms with E-state index in [0.717, 1.165) is 22.0 Å². The normalized spacial score (nSPS) is 11.2. The minimum absolute atomic E-state index is 0.0456. The zero-order valence-corrected chi connectivity index (χ0v) is 18.3. The van der Waals surface area contributed by atoms with Crippen LogP contribution >= 0.6 is 11.6 Å². The minimum Gasteiger partial charge on any atom is -0.481 e. The predicted molar refractivity (Wildman–Crippen MR) is 120 cm³/mol. The standard InChI is InChI=1S/C23H21ClN4O4/c1-13(2)31-23-18(24)11-14(12-26-23)22-27-21(28-32-22)17-6-3-5-16-15(17)9-10-25-19(16)7-4-8-20(29)30/h3,5-6,9-13H,4,7-8H2,1-2H3,(H,29,30). The van der Waals surface area contributed by atoms with Crippen molar-refractivity contribution in [3.63, 3.8) is 0 Å². The highest BCUT2D eigenvalue weighted by Gasteiger charge is 2.16. The van der Waals surface area contributed by atoms with Crippen LogP contribution in [-0.4, -0.2) is 37.3 Å². The van der Waals surface area contributed by atoms with Gasteiger partial charge in [0.2, 0.25) is 11.7 Å². The molecule has 1 N–H and O–H groups in total. The van der Waals surface area contributed by atoms with Crippen molar-refractivity contribution in [2.24, 2.45) is 0 Å². The molecule has 164 valence electrons. The first-order valence-electron chi connectivity index (χ1n) is 10.2. The van der Waals surface area contributed by atoms with Crippen molar-refractivity contribution in [2.75, 3.05) is 0 Å². The van der Waals surface area contributed by atoms with Crippen molar-refractivity contribution in [1.29, 1.82) is 0 Å². The molecule has 0 aliphatic rings. The molecule has 0 aliphatic heterocycles. The molecule has 0 amide bonds. The first-order chi connectivity index (χ1) is 15.4. The summed E-state index contributed by atoms with van der Waals surface area (Å²) >= 11 is 6.28.